The molecule has 1 aliphatic rings. The standard InChI is InChI=1S/C21H20F3N3O2S2/c22-21(23,24)30-16-5-3-4-15(14-16)26-31(28,29)20-9-8-19(27-12-10-25-11-13-27)17-6-1-2-7-18(17)20/h1-9,14,25-26H,10-13H2. The first kappa shape index (κ1) is 21.8. The summed E-state index contributed by atoms with van der Waals surface area (Å²) in [5.74, 6) is 0. The van der Waals surface area contributed by atoms with E-state index in [1.807, 2.05) is 12.1 Å². The molecule has 5 nitrogen and oxygen atoms in total. The van der Waals surface area contributed by atoms with Gasteiger partial charge in [0.15, 0.2) is 0 Å². The minimum Gasteiger partial charge on any atom is -0.368 e. The van der Waals surface area contributed by atoms with Crippen molar-refractivity contribution in [2.45, 2.75) is 15.3 Å². The largest absolute Gasteiger partial charge is 0.446 e. The van der Waals surface area contributed by atoms with Gasteiger partial charge in [0.25, 0.3) is 10.0 Å². The number of fused-ring (bicyclic) bond motifs is 1. The summed E-state index contributed by atoms with van der Waals surface area (Å²) < 4.78 is 66.7. The molecule has 0 saturated carbocycles. The fraction of sp³-hybridized carbons (Fsp3) is 0.238. The molecule has 1 aliphatic heterocycles. The van der Waals surface area contributed by atoms with Crippen molar-refractivity contribution in [1.82, 2.24) is 5.32 Å². The highest BCUT2D eigenvalue weighted by molar-refractivity contribution is 8.00. The van der Waals surface area contributed by atoms with E-state index < -0.39 is 15.5 Å². The Balaban J connectivity index is 1.69. The van der Waals surface area contributed by atoms with Crippen molar-refractivity contribution >= 4 is 43.9 Å². The SMILES string of the molecule is O=S(=O)(Nc1cccc(SC(F)(F)F)c1)c1ccc(N2CCNCC2)c2ccccc12. The number of benzene rings is 3. The topological polar surface area (TPSA) is 61.4 Å². The summed E-state index contributed by atoms with van der Waals surface area (Å²) in [6.45, 7) is 3.33. The first-order valence-electron chi connectivity index (χ1n) is 9.59. The molecule has 10 heteroatoms. The van der Waals surface area contributed by atoms with Crippen molar-refractivity contribution < 1.29 is 21.6 Å². The Bertz CT molecular complexity index is 1190. The van der Waals surface area contributed by atoms with Gasteiger partial charge in [0.05, 0.1) is 4.90 Å². The third-order valence-electron chi connectivity index (χ3n) is 4.93. The lowest BCUT2D eigenvalue weighted by molar-refractivity contribution is -0.0328. The normalized spacial score (nSPS) is 15.3. The molecule has 31 heavy (non-hydrogen) atoms. The van der Waals surface area contributed by atoms with E-state index in [0.29, 0.717) is 5.39 Å². The van der Waals surface area contributed by atoms with Crippen LogP contribution < -0.4 is 14.9 Å². The van der Waals surface area contributed by atoms with Gasteiger partial charge in [-0.25, -0.2) is 8.42 Å². The van der Waals surface area contributed by atoms with Crippen LogP contribution in [0.5, 0.6) is 0 Å². The van der Waals surface area contributed by atoms with Crippen LogP contribution in [0.2, 0.25) is 0 Å². The number of piperazine rings is 1. The zero-order valence-corrected chi connectivity index (χ0v) is 17.9. The van der Waals surface area contributed by atoms with Crippen LogP contribution >= 0.6 is 11.8 Å². The third kappa shape index (κ3) is 5.08. The van der Waals surface area contributed by atoms with Crippen molar-refractivity contribution in [1.29, 1.82) is 0 Å². The zero-order chi connectivity index (χ0) is 22.1. The van der Waals surface area contributed by atoms with Gasteiger partial charge in [-0.1, -0.05) is 30.3 Å². The van der Waals surface area contributed by atoms with Crippen LogP contribution in [0.3, 0.4) is 0 Å². The molecule has 164 valence electrons. The Morgan fingerprint density at radius 2 is 1.65 bits per heavy atom. The fourth-order valence-corrected chi connectivity index (χ4v) is 5.50. The van der Waals surface area contributed by atoms with E-state index in [-0.39, 0.29) is 27.2 Å². The second-order valence-corrected chi connectivity index (χ2v) is 9.84. The van der Waals surface area contributed by atoms with Gasteiger partial charge in [0.1, 0.15) is 0 Å². The average Bonchev–Trinajstić information content (AvgIpc) is 2.72. The van der Waals surface area contributed by atoms with Crippen LogP contribution in [-0.4, -0.2) is 40.1 Å². The number of sulfonamides is 1. The summed E-state index contributed by atoms with van der Waals surface area (Å²) in [6.07, 6.45) is 0. The van der Waals surface area contributed by atoms with Crippen molar-refractivity contribution in [3.8, 4) is 0 Å². The number of rotatable bonds is 5. The molecule has 3 aromatic rings. The lowest BCUT2D eigenvalue weighted by atomic mass is 10.1. The Kier molecular flexibility index (Phi) is 6.05. The molecule has 2 N–H and O–H groups in total. The molecule has 1 saturated heterocycles. The van der Waals surface area contributed by atoms with E-state index in [1.165, 1.54) is 24.3 Å². The highest BCUT2D eigenvalue weighted by Crippen LogP contribution is 2.38. The number of halogens is 3. The van der Waals surface area contributed by atoms with Crippen LogP contribution in [-0.2, 0) is 10.0 Å². The van der Waals surface area contributed by atoms with E-state index in [2.05, 4.69) is 14.9 Å². The summed E-state index contributed by atoms with van der Waals surface area (Å²) in [6, 6.07) is 15.9. The van der Waals surface area contributed by atoms with Gasteiger partial charge < -0.3 is 10.2 Å². The molecule has 1 heterocycles. The van der Waals surface area contributed by atoms with Crippen molar-refractivity contribution in [2.24, 2.45) is 0 Å². The van der Waals surface area contributed by atoms with Crippen LogP contribution in [0.1, 0.15) is 0 Å². The number of anilines is 2. The third-order valence-corrected chi connectivity index (χ3v) is 7.09. The number of nitrogens with zero attached hydrogens (tertiary/aromatic N) is 1. The second kappa shape index (κ2) is 8.60. The van der Waals surface area contributed by atoms with Crippen LogP contribution in [0.25, 0.3) is 10.8 Å². The molecule has 1 fully saturated rings. The van der Waals surface area contributed by atoms with E-state index in [1.54, 1.807) is 24.3 Å². The molecule has 3 aromatic carbocycles. The zero-order valence-electron chi connectivity index (χ0n) is 16.3. The molecule has 4 rings (SSSR count). The summed E-state index contributed by atoms with van der Waals surface area (Å²) >= 11 is -0.288. The maximum absolute atomic E-state index is 13.1. The van der Waals surface area contributed by atoms with Gasteiger partial charge in [0.2, 0.25) is 0 Å². The van der Waals surface area contributed by atoms with Crippen molar-refractivity contribution in [3.05, 3.63) is 60.7 Å². The summed E-state index contributed by atoms with van der Waals surface area (Å²) in [5, 5.41) is 4.67. The average molecular weight is 468 g/mol. The van der Waals surface area contributed by atoms with E-state index in [9.17, 15) is 21.6 Å². The molecule has 0 amide bonds. The first-order chi connectivity index (χ1) is 14.7. The number of thioether (sulfide) groups is 1. The Morgan fingerprint density at radius 1 is 0.935 bits per heavy atom. The predicted molar refractivity (Wildman–Crippen MR) is 118 cm³/mol. The molecular formula is C21H20F3N3O2S2. The minimum absolute atomic E-state index is 0.0736. The Morgan fingerprint density at radius 3 is 2.35 bits per heavy atom. The molecule has 0 aromatic heterocycles. The predicted octanol–water partition coefficient (Wildman–Crippen LogP) is 4.66. The highest BCUT2D eigenvalue weighted by atomic mass is 32.2. The molecule has 0 atom stereocenters. The van der Waals surface area contributed by atoms with E-state index in [0.717, 1.165) is 37.3 Å². The van der Waals surface area contributed by atoms with E-state index >= 15 is 0 Å². The maximum Gasteiger partial charge on any atom is 0.446 e. The second-order valence-electron chi connectivity index (χ2n) is 7.05. The molecular weight excluding hydrogens is 447 g/mol. The van der Waals surface area contributed by atoms with Gasteiger partial charge in [-0.2, -0.15) is 13.2 Å². The molecule has 0 aliphatic carbocycles. The lowest BCUT2D eigenvalue weighted by Gasteiger charge is -2.30. The number of hydrogen-bond acceptors (Lipinski definition) is 5. The molecule has 0 radical (unpaired) electrons. The monoisotopic (exact) mass is 467 g/mol. The molecule has 0 unspecified atom stereocenters. The van der Waals surface area contributed by atoms with Crippen molar-refractivity contribution in [3.63, 3.8) is 0 Å². The lowest BCUT2D eigenvalue weighted by Crippen LogP contribution is -2.43. The van der Waals surface area contributed by atoms with Gasteiger partial charge >= 0.3 is 5.51 Å². The van der Waals surface area contributed by atoms with Gasteiger partial charge in [0, 0.05) is 53.2 Å². The van der Waals surface area contributed by atoms with E-state index in [4.69, 9.17) is 0 Å². The van der Waals surface area contributed by atoms with Gasteiger partial charge in [-0.15, -0.1) is 0 Å². The summed E-state index contributed by atoms with van der Waals surface area (Å²) in [4.78, 5) is 2.20. The number of hydrogen-bond donors (Lipinski definition) is 2. The minimum atomic E-state index is -4.45. The van der Waals surface area contributed by atoms with Crippen molar-refractivity contribution in [2.75, 3.05) is 35.8 Å². The molecule has 0 spiro atoms. The molecule has 0 bridgehead atoms. The van der Waals surface area contributed by atoms with Crippen LogP contribution in [0, 0.1) is 0 Å². The smallest absolute Gasteiger partial charge is 0.368 e. The highest BCUT2D eigenvalue weighted by Gasteiger charge is 2.29. The summed E-state index contributed by atoms with van der Waals surface area (Å²) in [7, 11) is -4.02. The first-order valence-corrected chi connectivity index (χ1v) is 11.9. The van der Waals surface area contributed by atoms with Gasteiger partial charge in [-0.05, 0) is 42.1 Å². The van der Waals surface area contributed by atoms with Crippen LogP contribution in [0.4, 0.5) is 24.5 Å². The quantitative estimate of drug-likeness (QED) is 0.535. The number of nitrogens with one attached hydrogen (secondary N) is 2. The van der Waals surface area contributed by atoms with Gasteiger partial charge in [-0.3, -0.25) is 4.72 Å². The fourth-order valence-electron chi connectivity index (χ4n) is 3.64. The Labute approximate surface area is 182 Å². The number of alkyl halides is 3. The Hall–Kier alpha value is -2.43. The summed E-state index contributed by atoms with van der Waals surface area (Å²) in [5.41, 5.74) is -3.42. The van der Waals surface area contributed by atoms with Crippen LogP contribution in [0.15, 0.2) is 70.5 Å². The maximum atomic E-state index is 13.1.